The first-order valence-corrected chi connectivity index (χ1v) is 30.6. The number of fused-ring (bicyclic) bond motifs is 7. The predicted octanol–water partition coefficient (Wildman–Crippen LogP) is -2.54. The number of carbonyl (C=O) groups is 1. The van der Waals surface area contributed by atoms with Gasteiger partial charge in [0.15, 0.2) is 31.3 Å². The van der Waals surface area contributed by atoms with Crippen LogP contribution in [0.25, 0.3) is 0 Å². The third kappa shape index (κ3) is 11.1. The maximum Gasteiger partial charge on any atom is 0.315 e. The first-order valence-electron chi connectivity index (χ1n) is 30.6. The lowest BCUT2D eigenvalue weighted by molar-refractivity contribution is -0.366. The van der Waals surface area contributed by atoms with Gasteiger partial charge in [-0.1, -0.05) is 53.2 Å². The number of hydrogen-bond acceptors (Lipinski definition) is 26. The van der Waals surface area contributed by atoms with Crippen LogP contribution in [-0.2, 0) is 52.2 Å². The van der Waals surface area contributed by atoms with Crippen molar-refractivity contribution in [2.24, 2.45) is 50.2 Å². The van der Waals surface area contributed by atoms with Crippen LogP contribution in [0.15, 0.2) is 11.6 Å². The molecule has 5 saturated heterocycles. The van der Waals surface area contributed by atoms with Crippen molar-refractivity contribution in [2.75, 3.05) is 26.4 Å². The quantitative estimate of drug-likeness (QED) is 0.0513. The largest absolute Gasteiger partial charge is 0.432 e. The number of allylic oxidation sites excluding steroid dienone is 2. The fourth-order valence-corrected chi connectivity index (χ4v) is 17.5. The Kier molecular flexibility index (Phi) is 19.0. The predicted molar refractivity (Wildman–Crippen MR) is 288 cm³/mol. The van der Waals surface area contributed by atoms with Crippen LogP contribution in [0.1, 0.15) is 120 Å². The first-order chi connectivity index (χ1) is 39.8. The fourth-order valence-electron chi connectivity index (χ4n) is 17.5. The highest BCUT2D eigenvalue weighted by molar-refractivity contribution is 5.79. The van der Waals surface area contributed by atoms with Crippen molar-refractivity contribution in [3.63, 3.8) is 0 Å². The topological polar surface area (TPSA) is 413 Å². The minimum Gasteiger partial charge on any atom is -0.432 e. The van der Waals surface area contributed by atoms with Crippen molar-refractivity contribution >= 4 is 5.97 Å². The Morgan fingerprint density at radius 1 is 0.565 bits per heavy atom. The molecule has 0 amide bonds. The van der Waals surface area contributed by atoms with E-state index in [1.165, 1.54) is 13.8 Å². The molecule has 488 valence electrons. The van der Waals surface area contributed by atoms with Crippen LogP contribution in [0.3, 0.4) is 0 Å². The Bertz CT molecular complexity index is 2370. The average molecular weight is 1220 g/mol. The van der Waals surface area contributed by atoms with E-state index < -0.39 is 189 Å². The van der Waals surface area contributed by atoms with Crippen LogP contribution in [0, 0.1) is 50.2 Å². The second-order valence-corrected chi connectivity index (χ2v) is 28.5. The molecule has 5 heterocycles. The molecule has 26 heteroatoms. The van der Waals surface area contributed by atoms with Gasteiger partial charge in [0.2, 0.25) is 6.29 Å². The summed E-state index contributed by atoms with van der Waals surface area (Å²) in [6.07, 6.45) is -30.5. The third-order valence-corrected chi connectivity index (χ3v) is 23.2. The molecule has 5 aliphatic heterocycles. The molecule has 4 saturated carbocycles. The van der Waals surface area contributed by atoms with E-state index in [1.807, 2.05) is 6.92 Å². The minimum absolute atomic E-state index is 0.0891. The average Bonchev–Trinajstić information content (AvgIpc) is 0.689. The Hall–Kier alpha value is -1.75. The van der Waals surface area contributed by atoms with Crippen LogP contribution < -0.4 is 0 Å². The van der Waals surface area contributed by atoms with Gasteiger partial charge in [-0.05, 0) is 117 Å². The van der Waals surface area contributed by atoms with Crippen molar-refractivity contribution in [2.45, 2.75) is 273 Å². The van der Waals surface area contributed by atoms with Gasteiger partial charge >= 0.3 is 5.97 Å². The Balaban J connectivity index is 0.908. The van der Waals surface area contributed by atoms with Gasteiger partial charge in [0.25, 0.3) is 0 Å². The van der Waals surface area contributed by atoms with E-state index in [9.17, 15) is 76.6 Å². The lowest BCUT2D eigenvalue weighted by Gasteiger charge is -2.71. The molecule has 0 unspecified atom stereocenters. The zero-order chi connectivity index (χ0) is 62.0. The first kappa shape index (κ1) is 66.2. The van der Waals surface area contributed by atoms with E-state index in [4.69, 9.17) is 47.4 Å². The Labute approximate surface area is 494 Å². The highest BCUT2D eigenvalue weighted by Crippen LogP contribution is 2.76. The number of aliphatic hydroxyl groups excluding tert-OH is 15. The van der Waals surface area contributed by atoms with E-state index in [1.54, 1.807) is 0 Å². The zero-order valence-electron chi connectivity index (χ0n) is 49.8. The van der Waals surface area contributed by atoms with Gasteiger partial charge in [-0.25, -0.2) is 0 Å². The zero-order valence-corrected chi connectivity index (χ0v) is 49.8. The number of rotatable bonds is 13. The van der Waals surface area contributed by atoms with E-state index in [-0.39, 0.29) is 47.2 Å². The molecule has 10 rings (SSSR count). The number of aliphatic hydroxyl groups is 15. The molecule has 9 fully saturated rings. The maximum atomic E-state index is 15.7. The molecule has 15 N–H and O–H groups in total. The van der Waals surface area contributed by atoms with E-state index in [2.05, 4.69) is 40.7 Å². The summed E-state index contributed by atoms with van der Waals surface area (Å²) in [7, 11) is 0. The van der Waals surface area contributed by atoms with Gasteiger partial charge in [-0.3, -0.25) is 4.79 Å². The van der Waals surface area contributed by atoms with E-state index in [0.717, 1.165) is 12.0 Å². The van der Waals surface area contributed by atoms with Gasteiger partial charge in [-0.2, -0.15) is 0 Å². The normalized spacial score (nSPS) is 55.3. The van der Waals surface area contributed by atoms with Crippen LogP contribution in [0.5, 0.6) is 0 Å². The second kappa shape index (κ2) is 24.4. The molecule has 85 heavy (non-hydrogen) atoms. The summed E-state index contributed by atoms with van der Waals surface area (Å²) in [5, 5.41) is 162. The van der Waals surface area contributed by atoms with Gasteiger partial charge in [-0.15, -0.1) is 0 Å². The van der Waals surface area contributed by atoms with Crippen LogP contribution >= 0.6 is 0 Å². The molecule has 33 atom stereocenters. The number of hydrogen-bond donors (Lipinski definition) is 15. The van der Waals surface area contributed by atoms with Crippen LogP contribution in [-0.4, -0.2) is 263 Å². The van der Waals surface area contributed by atoms with Gasteiger partial charge < -0.3 is 124 Å². The summed E-state index contributed by atoms with van der Waals surface area (Å²) in [5.41, 5.74) is -2.22. The molecule has 5 aliphatic carbocycles. The standard InChI is InChI=1S/C59H96O26/c1-24-34(63)39(68)44(73)49(78-24)83-46-36(65)28(62)21-76-51(46)82-33-12-13-55(5)31(56(33,6)23-61)11-14-58(8)32(55)10-9-26-27-19-54(3,4)15-17-59(27,18-16-57(26,58)7)53(75)85-52-47(84-50-45(74)40(69)35(64)25(2)79-50)42(71)38(67)30(81-52)22-77-48-43(72)41(70)37(66)29(20-60)80-48/h9,24-25,27-52,60-74H,10-23H2,1-8H3/t24-,25-,27-,28-,29+,30+,31+,32+,33-,34-,35-,36-,37+,38+,39+,40+,41-,42-,43+,44+,45+,46+,47+,48+,49-,50-,51-,52-,55-,56-,57+,58+,59-/m0/s1. The highest BCUT2D eigenvalue weighted by Gasteiger charge is 2.71. The molecule has 0 bridgehead atoms. The molecular weight excluding hydrogens is 1120 g/mol. The summed E-state index contributed by atoms with van der Waals surface area (Å²) in [6.45, 7) is 14.3. The summed E-state index contributed by atoms with van der Waals surface area (Å²) in [5.74, 6) is -1.01. The summed E-state index contributed by atoms with van der Waals surface area (Å²) >= 11 is 0. The molecule has 0 radical (unpaired) electrons. The molecule has 0 aromatic carbocycles. The number of ether oxygens (including phenoxy) is 10. The van der Waals surface area contributed by atoms with Crippen LogP contribution in [0.2, 0.25) is 0 Å². The fraction of sp³-hybridized carbons (Fsp3) is 0.949. The maximum absolute atomic E-state index is 15.7. The van der Waals surface area contributed by atoms with Crippen molar-refractivity contribution in [3.05, 3.63) is 11.6 Å². The molecule has 0 aromatic rings. The molecule has 0 spiro atoms. The SMILES string of the molecule is C[C@@H]1O[C@@H](O[C@H]2[C@H](O[C@H]3CC[C@@]4(C)[C@@H](CC[C@]5(C)[C@@H]4CC=C4[C@@H]6CC(C)(C)CC[C@]6(C(=O)O[C@@H]6O[C@H](CO[C@@H]7O[C@H](CO)[C@@H](O)[C@H](O)[C@H]7O)[C@@H](O)[C@H](O)[C@H]6O[C@@H]6O[C@@H](C)[C@H](O)[C@@H](O)[C@H]6O)CC[C@]45C)[C@]3(C)CO)OC[C@H](O)[C@@H]2O)[C@H](O)[C@H](O)[C@H]1O. The summed E-state index contributed by atoms with van der Waals surface area (Å²) in [6, 6.07) is 0. The number of carbonyl (C=O) groups excluding carboxylic acids is 1. The lowest BCUT2D eigenvalue weighted by atomic mass is 9.33. The molecule has 10 aliphatic rings. The minimum atomic E-state index is -1.96. The lowest BCUT2D eigenvalue weighted by Crippen LogP contribution is -2.67. The van der Waals surface area contributed by atoms with E-state index in [0.29, 0.717) is 57.8 Å². The molecule has 26 nitrogen and oxygen atoms in total. The van der Waals surface area contributed by atoms with Crippen molar-refractivity contribution in [3.8, 4) is 0 Å². The molecular formula is C59H96O26. The van der Waals surface area contributed by atoms with Crippen LogP contribution in [0.4, 0.5) is 0 Å². The van der Waals surface area contributed by atoms with E-state index >= 15 is 4.79 Å². The van der Waals surface area contributed by atoms with Crippen molar-refractivity contribution < 1.29 is 129 Å². The third-order valence-electron chi connectivity index (χ3n) is 23.2. The Morgan fingerprint density at radius 2 is 1.13 bits per heavy atom. The van der Waals surface area contributed by atoms with Crippen molar-refractivity contribution in [1.82, 2.24) is 0 Å². The molecule has 0 aromatic heterocycles. The number of esters is 1. The highest BCUT2D eigenvalue weighted by atomic mass is 16.8. The van der Waals surface area contributed by atoms with Gasteiger partial charge in [0.05, 0.1) is 50.2 Å². The summed E-state index contributed by atoms with van der Waals surface area (Å²) < 4.78 is 60.4. The Morgan fingerprint density at radius 3 is 1.74 bits per heavy atom. The van der Waals surface area contributed by atoms with Gasteiger partial charge in [0.1, 0.15) is 97.7 Å². The second-order valence-electron chi connectivity index (χ2n) is 28.5. The monoisotopic (exact) mass is 1220 g/mol. The smallest absolute Gasteiger partial charge is 0.315 e. The van der Waals surface area contributed by atoms with Gasteiger partial charge in [0, 0.05) is 5.41 Å². The van der Waals surface area contributed by atoms with Crippen molar-refractivity contribution in [1.29, 1.82) is 0 Å². The summed E-state index contributed by atoms with van der Waals surface area (Å²) in [4.78, 5) is 15.7.